The van der Waals surface area contributed by atoms with E-state index in [2.05, 4.69) is 28.8 Å². The van der Waals surface area contributed by atoms with Gasteiger partial charge in [-0.1, -0.05) is 37.9 Å². The summed E-state index contributed by atoms with van der Waals surface area (Å²) in [5.41, 5.74) is 2.79. The Labute approximate surface area is 112 Å². The summed E-state index contributed by atoms with van der Waals surface area (Å²) in [7, 11) is 0. The largest absolute Gasteiger partial charge is 0.250 e. The van der Waals surface area contributed by atoms with Crippen LogP contribution in [0.3, 0.4) is 0 Å². The van der Waals surface area contributed by atoms with Gasteiger partial charge in [0, 0.05) is 11.4 Å². The van der Waals surface area contributed by atoms with E-state index in [1.54, 1.807) is 0 Å². The molecule has 0 fully saturated rings. The second-order valence-electron chi connectivity index (χ2n) is 4.12. The first-order valence-corrected chi connectivity index (χ1v) is 6.60. The number of pyridine rings is 1. The van der Waals surface area contributed by atoms with Crippen molar-refractivity contribution in [2.75, 3.05) is 0 Å². The summed E-state index contributed by atoms with van der Waals surface area (Å²) >= 11 is 6.03. The van der Waals surface area contributed by atoms with Crippen LogP contribution in [0.2, 0.25) is 5.15 Å². The van der Waals surface area contributed by atoms with Gasteiger partial charge in [0.15, 0.2) is 5.82 Å². The van der Waals surface area contributed by atoms with E-state index < -0.39 is 0 Å². The molecule has 0 aliphatic carbocycles. The highest BCUT2D eigenvalue weighted by Gasteiger charge is 2.07. The molecule has 0 N–H and O–H groups in total. The zero-order valence-corrected chi connectivity index (χ0v) is 11.4. The minimum atomic E-state index is 0.479. The van der Waals surface area contributed by atoms with Gasteiger partial charge in [-0.3, -0.25) is 0 Å². The zero-order valence-electron chi connectivity index (χ0n) is 10.7. The van der Waals surface area contributed by atoms with Gasteiger partial charge in [0.1, 0.15) is 10.8 Å². The number of aryl methyl sites for hydroxylation is 2. The van der Waals surface area contributed by atoms with Crippen LogP contribution in [0.25, 0.3) is 11.5 Å². The summed E-state index contributed by atoms with van der Waals surface area (Å²) in [4.78, 5) is 13.3. The average molecular weight is 262 g/mol. The molecule has 4 heteroatoms. The lowest BCUT2D eigenvalue weighted by Gasteiger charge is -2.05. The maximum Gasteiger partial charge on any atom is 0.179 e. The van der Waals surface area contributed by atoms with Gasteiger partial charge in [-0.05, 0) is 31.0 Å². The third kappa shape index (κ3) is 3.05. The van der Waals surface area contributed by atoms with E-state index in [1.807, 2.05) is 24.3 Å². The maximum atomic E-state index is 6.03. The van der Waals surface area contributed by atoms with Crippen LogP contribution in [-0.2, 0) is 12.8 Å². The Morgan fingerprint density at radius 2 is 1.89 bits per heavy atom. The molecule has 0 radical (unpaired) electrons. The summed E-state index contributed by atoms with van der Waals surface area (Å²) in [6.45, 7) is 4.19. The fourth-order valence-corrected chi connectivity index (χ4v) is 1.97. The van der Waals surface area contributed by atoms with Crippen molar-refractivity contribution in [3.05, 3.63) is 40.8 Å². The van der Waals surface area contributed by atoms with E-state index in [-0.39, 0.29) is 0 Å². The fourth-order valence-electron chi connectivity index (χ4n) is 1.76. The molecule has 0 aromatic carbocycles. The quantitative estimate of drug-likeness (QED) is 0.788. The molecule has 0 amide bonds. The minimum Gasteiger partial charge on any atom is -0.250 e. The van der Waals surface area contributed by atoms with Gasteiger partial charge in [-0.15, -0.1) is 0 Å². The van der Waals surface area contributed by atoms with Crippen molar-refractivity contribution >= 4 is 11.6 Å². The summed E-state index contributed by atoms with van der Waals surface area (Å²) in [5, 5.41) is 0.479. The summed E-state index contributed by atoms with van der Waals surface area (Å²) in [6, 6.07) is 7.71. The van der Waals surface area contributed by atoms with Crippen molar-refractivity contribution < 1.29 is 0 Å². The van der Waals surface area contributed by atoms with Crippen LogP contribution >= 0.6 is 11.6 Å². The van der Waals surface area contributed by atoms with E-state index in [0.717, 1.165) is 36.3 Å². The highest BCUT2D eigenvalue weighted by molar-refractivity contribution is 6.29. The number of aromatic nitrogens is 3. The van der Waals surface area contributed by atoms with Gasteiger partial charge in [0.2, 0.25) is 0 Å². The first kappa shape index (κ1) is 13.0. The molecular weight excluding hydrogens is 246 g/mol. The Morgan fingerprint density at radius 3 is 2.61 bits per heavy atom. The maximum absolute atomic E-state index is 6.03. The Kier molecular flexibility index (Phi) is 4.26. The van der Waals surface area contributed by atoms with Gasteiger partial charge in [-0.25, -0.2) is 15.0 Å². The van der Waals surface area contributed by atoms with Crippen molar-refractivity contribution in [3.8, 4) is 11.5 Å². The first-order valence-electron chi connectivity index (χ1n) is 6.22. The van der Waals surface area contributed by atoms with Crippen molar-refractivity contribution in [2.45, 2.75) is 33.1 Å². The number of halogens is 1. The Bertz CT molecular complexity index is 540. The van der Waals surface area contributed by atoms with E-state index >= 15 is 0 Å². The molecule has 18 heavy (non-hydrogen) atoms. The number of rotatable bonds is 4. The predicted molar refractivity (Wildman–Crippen MR) is 73.6 cm³/mol. The molecule has 2 aromatic rings. The van der Waals surface area contributed by atoms with Gasteiger partial charge < -0.3 is 0 Å². The van der Waals surface area contributed by atoms with Gasteiger partial charge >= 0.3 is 0 Å². The molecule has 0 aliphatic rings. The number of hydrogen-bond acceptors (Lipinski definition) is 3. The molecule has 2 rings (SSSR count). The molecule has 94 valence electrons. The SMILES string of the molecule is CCCc1cc(Cl)nc(-c2cccc(CC)n2)n1. The first-order chi connectivity index (χ1) is 8.72. The van der Waals surface area contributed by atoms with E-state index in [1.165, 1.54) is 0 Å². The normalized spacial score (nSPS) is 10.6. The molecule has 0 saturated carbocycles. The standard InChI is InChI=1S/C14H16ClN3/c1-3-6-11-9-13(15)18-14(17-11)12-8-5-7-10(4-2)16-12/h5,7-9H,3-4,6H2,1-2H3. The number of nitrogens with zero attached hydrogens (tertiary/aromatic N) is 3. The highest BCUT2D eigenvalue weighted by Crippen LogP contribution is 2.17. The lowest BCUT2D eigenvalue weighted by molar-refractivity contribution is 0.873. The fraction of sp³-hybridized carbons (Fsp3) is 0.357. The van der Waals surface area contributed by atoms with Crippen molar-refractivity contribution in [1.82, 2.24) is 15.0 Å². The molecule has 0 saturated heterocycles. The minimum absolute atomic E-state index is 0.479. The van der Waals surface area contributed by atoms with E-state index in [4.69, 9.17) is 11.6 Å². The highest BCUT2D eigenvalue weighted by atomic mass is 35.5. The van der Waals surface area contributed by atoms with Crippen LogP contribution in [0.4, 0.5) is 0 Å². The third-order valence-electron chi connectivity index (χ3n) is 2.65. The average Bonchev–Trinajstić information content (AvgIpc) is 2.38. The van der Waals surface area contributed by atoms with Gasteiger partial charge in [0.25, 0.3) is 0 Å². The van der Waals surface area contributed by atoms with Crippen molar-refractivity contribution in [2.24, 2.45) is 0 Å². The van der Waals surface area contributed by atoms with Crippen LogP contribution in [0.15, 0.2) is 24.3 Å². The van der Waals surface area contributed by atoms with Crippen molar-refractivity contribution in [3.63, 3.8) is 0 Å². The summed E-state index contributed by atoms with van der Waals surface area (Å²) in [6.07, 6.45) is 2.84. The topological polar surface area (TPSA) is 38.7 Å². The van der Waals surface area contributed by atoms with Crippen LogP contribution in [0, 0.1) is 0 Å². The lowest BCUT2D eigenvalue weighted by atomic mass is 10.2. The third-order valence-corrected chi connectivity index (χ3v) is 2.85. The predicted octanol–water partition coefficient (Wildman–Crippen LogP) is 3.71. The Hall–Kier alpha value is -1.48. The molecule has 0 unspecified atom stereocenters. The summed E-state index contributed by atoms with van der Waals surface area (Å²) in [5.74, 6) is 0.612. The Balaban J connectivity index is 2.42. The lowest BCUT2D eigenvalue weighted by Crippen LogP contribution is -1.98. The van der Waals surface area contributed by atoms with Crippen LogP contribution in [-0.4, -0.2) is 15.0 Å². The van der Waals surface area contributed by atoms with E-state index in [9.17, 15) is 0 Å². The van der Waals surface area contributed by atoms with Crippen LogP contribution < -0.4 is 0 Å². The van der Waals surface area contributed by atoms with Crippen LogP contribution in [0.1, 0.15) is 31.7 Å². The van der Waals surface area contributed by atoms with E-state index in [0.29, 0.717) is 11.0 Å². The van der Waals surface area contributed by atoms with Crippen LogP contribution in [0.5, 0.6) is 0 Å². The molecule has 2 aromatic heterocycles. The van der Waals surface area contributed by atoms with Gasteiger partial charge in [-0.2, -0.15) is 0 Å². The monoisotopic (exact) mass is 261 g/mol. The molecule has 0 aliphatic heterocycles. The Morgan fingerprint density at radius 1 is 1.06 bits per heavy atom. The smallest absolute Gasteiger partial charge is 0.179 e. The molecule has 0 bridgehead atoms. The zero-order chi connectivity index (χ0) is 13.0. The second-order valence-corrected chi connectivity index (χ2v) is 4.51. The van der Waals surface area contributed by atoms with Gasteiger partial charge in [0.05, 0.1) is 0 Å². The molecule has 0 atom stereocenters. The van der Waals surface area contributed by atoms with Crippen molar-refractivity contribution in [1.29, 1.82) is 0 Å². The number of hydrogen-bond donors (Lipinski definition) is 0. The second kappa shape index (κ2) is 5.91. The summed E-state index contributed by atoms with van der Waals surface area (Å²) < 4.78 is 0. The molecule has 0 spiro atoms. The molecular formula is C14H16ClN3. The molecule has 2 heterocycles. The molecule has 3 nitrogen and oxygen atoms in total.